The number of aromatic nitrogens is 1. The third-order valence-corrected chi connectivity index (χ3v) is 11.0. The topological polar surface area (TPSA) is 166 Å². The lowest BCUT2D eigenvalue weighted by molar-refractivity contribution is 0.0981. The Morgan fingerprint density at radius 2 is 1.60 bits per heavy atom. The van der Waals surface area contributed by atoms with Gasteiger partial charge in [-0.2, -0.15) is 9.57 Å². The molecule has 1 saturated heterocycles. The number of sulfonamides is 1. The Morgan fingerprint density at radius 1 is 0.880 bits per heavy atom. The van der Waals surface area contributed by atoms with Crippen molar-refractivity contribution in [3.63, 3.8) is 0 Å². The number of amides is 1. The number of hydrogen-bond donors (Lipinski definition) is 3. The van der Waals surface area contributed by atoms with Crippen molar-refractivity contribution in [2.24, 2.45) is 0 Å². The lowest BCUT2D eigenvalue weighted by atomic mass is 10.1. The Kier molecular flexibility index (Phi) is 8.93. The second-order valence-electron chi connectivity index (χ2n) is 12.5. The van der Waals surface area contributed by atoms with E-state index in [9.17, 15) is 18.5 Å². The highest BCUT2D eigenvalue weighted by Crippen LogP contribution is 2.31. The Bertz CT molecular complexity index is 2320. The number of nitrogens with one attached hydrogen (secondary N) is 1. The number of nitrogens with zero attached hydrogens (tertiary/aromatic N) is 4. The number of hydrogen-bond acceptors (Lipinski definition) is 9. The third-order valence-electron chi connectivity index (χ3n) is 9.25. The highest BCUT2D eigenvalue weighted by atomic mass is 32.2. The zero-order chi connectivity index (χ0) is 34.8. The van der Waals surface area contributed by atoms with Crippen LogP contribution in [0.1, 0.15) is 34.5 Å². The van der Waals surface area contributed by atoms with E-state index in [1.807, 2.05) is 36.4 Å². The van der Waals surface area contributed by atoms with Crippen molar-refractivity contribution in [2.45, 2.75) is 24.2 Å². The summed E-state index contributed by atoms with van der Waals surface area (Å²) >= 11 is 0. The number of nitriles is 1. The first kappa shape index (κ1) is 32.8. The van der Waals surface area contributed by atoms with Crippen molar-refractivity contribution >= 4 is 60.6 Å². The predicted molar refractivity (Wildman–Crippen MR) is 197 cm³/mol. The van der Waals surface area contributed by atoms with Crippen LogP contribution in [-0.4, -0.2) is 56.9 Å². The number of carbonyl (C=O) groups is 1. The normalized spacial score (nSPS) is 13.9. The summed E-state index contributed by atoms with van der Waals surface area (Å²) < 4.78 is 34.3. The number of nitrogen functional groups attached to an aromatic ring is 2. The van der Waals surface area contributed by atoms with Crippen LogP contribution >= 0.6 is 0 Å². The molecule has 1 aliphatic heterocycles. The monoisotopic (exact) mass is 687 g/mol. The molecule has 1 aliphatic rings. The van der Waals surface area contributed by atoms with Crippen molar-refractivity contribution in [1.82, 2.24) is 9.88 Å². The number of nitrogens with two attached hydrogens (primary N) is 2. The van der Waals surface area contributed by atoms with E-state index in [1.54, 1.807) is 6.07 Å². The van der Waals surface area contributed by atoms with Gasteiger partial charge in [-0.05, 0) is 122 Å². The number of unbranched alkanes of at least 4 members (excludes halogenated alkanes) is 1. The molecule has 7 rings (SSSR count). The number of anilines is 4. The smallest absolute Gasteiger partial charge is 0.308 e. The summed E-state index contributed by atoms with van der Waals surface area (Å²) in [5.41, 5.74) is 17.1. The van der Waals surface area contributed by atoms with E-state index in [0.29, 0.717) is 27.9 Å². The van der Waals surface area contributed by atoms with Gasteiger partial charge in [-0.25, -0.2) is 8.42 Å². The van der Waals surface area contributed by atoms with Gasteiger partial charge in [-0.1, -0.05) is 0 Å². The van der Waals surface area contributed by atoms with Gasteiger partial charge in [0.25, 0.3) is 10.0 Å². The number of rotatable bonds is 10. The van der Waals surface area contributed by atoms with E-state index in [-0.39, 0.29) is 16.3 Å². The summed E-state index contributed by atoms with van der Waals surface area (Å²) in [6.45, 7) is 4.62. The summed E-state index contributed by atoms with van der Waals surface area (Å²) in [7, 11) is -4.33. The van der Waals surface area contributed by atoms with Crippen LogP contribution in [0, 0.1) is 11.3 Å². The fraction of sp³-hybridized carbons (Fsp3) is 0.211. The molecule has 1 fully saturated rings. The molecule has 11 nitrogen and oxygen atoms in total. The molecule has 0 spiro atoms. The summed E-state index contributed by atoms with van der Waals surface area (Å²) in [4.78, 5) is 22.0. The number of H-pyrrole nitrogens is 1. The van der Waals surface area contributed by atoms with Gasteiger partial charge in [0.15, 0.2) is 5.76 Å². The molecule has 6 aromatic rings. The zero-order valence-electron chi connectivity index (χ0n) is 27.4. The number of piperazine rings is 1. The summed E-state index contributed by atoms with van der Waals surface area (Å²) in [5.74, 6) is -0.925. The van der Waals surface area contributed by atoms with Crippen molar-refractivity contribution in [3.05, 3.63) is 114 Å². The van der Waals surface area contributed by atoms with Gasteiger partial charge in [0.2, 0.25) is 0 Å². The van der Waals surface area contributed by atoms with Crippen LogP contribution in [0.15, 0.2) is 107 Å². The average Bonchev–Trinajstić information content (AvgIpc) is 3.75. The van der Waals surface area contributed by atoms with Crippen molar-refractivity contribution in [2.75, 3.05) is 53.4 Å². The molecule has 5 N–H and O–H groups in total. The fourth-order valence-corrected chi connectivity index (χ4v) is 7.89. The molecule has 0 bridgehead atoms. The molecule has 50 heavy (non-hydrogen) atoms. The highest BCUT2D eigenvalue weighted by Gasteiger charge is 2.34. The fourth-order valence-electron chi connectivity index (χ4n) is 6.49. The number of benzene rings is 4. The van der Waals surface area contributed by atoms with E-state index in [0.717, 1.165) is 72.9 Å². The number of carbonyl (C=O) groups excluding carboxylic acids is 1. The van der Waals surface area contributed by atoms with Crippen LogP contribution < -0.4 is 20.7 Å². The van der Waals surface area contributed by atoms with Gasteiger partial charge in [-0.3, -0.25) is 9.69 Å². The highest BCUT2D eigenvalue weighted by molar-refractivity contribution is 7.93. The quantitative estimate of drug-likeness (QED) is 0.113. The average molecular weight is 688 g/mol. The Labute approximate surface area is 290 Å². The Morgan fingerprint density at radius 3 is 2.32 bits per heavy atom. The van der Waals surface area contributed by atoms with Crippen molar-refractivity contribution in [1.29, 1.82) is 5.26 Å². The molecule has 1 amide bonds. The Balaban J connectivity index is 1.00. The van der Waals surface area contributed by atoms with Crippen molar-refractivity contribution in [3.8, 4) is 6.07 Å². The lowest BCUT2D eigenvalue weighted by Crippen LogP contribution is -2.46. The van der Waals surface area contributed by atoms with E-state index >= 15 is 0 Å². The van der Waals surface area contributed by atoms with Gasteiger partial charge in [0.05, 0.1) is 22.2 Å². The molecular weight excluding hydrogens is 651 g/mol. The van der Waals surface area contributed by atoms with Crippen LogP contribution in [0.2, 0.25) is 0 Å². The zero-order valence-corrected chi connectivity index (χ0v) is 28.2. The predicted octanol–water partition coefficient (Wildman–Crippen LogP) is 6.13. The lowest BCUT2D eigenvalue weighted by Gasteiger charge is -2.36. The molecule has 0 unspecified atom stereocenters. The molecule has 12 heteroatoms. The molecule has 4 aromatic carbocycles. The largest absolute Gasteiger partial charge is 0.451 e. The maximum Gasteiger partial charge on any atom is 0.308 e. The van der Waals surface area contributed by atoms with Crippen LogP contribution in [0.4, 0.5) is 22.7 Å². The molecule has 0 atom stereocenters. The summed E-state index contributed by atoms with van der Waals surface area (Å²) in [6, 6.07) is 27.1. The van der Waals surface area contributed by atoms with Crippen LogP contribution in [0.3, 0.4) is 0 Å². The van der Waals surface area contributed by atoms with Crippen molar-refractivity contribution < 1.29 is 17.6 Å². The summed E-state index contributed by atoms with van der Waals surface area (Å²) in [6.07, 6.45) is 5.18. The molecule has 0 radical (unpaired) electrons. The maximum atomic E-state index is 13.9. The Hall–Kier alpha value is -5.77. The SMILES string of the molecule is N#Cc1ccc2[nH]cc(CCCCN3CCN(c4ccc5oc(C(=O)N(c6ccc(N)cc6)S(=O)(=O)c6ccc(N)cc6)cc5c4)CC3)c2c1. The van der Waals surface area contributed by atoms with Gasteiger partial charge in [-0.15, -0.1) is 0 Å². The minimum Gasteiger partial charge on any atom is -0.451 e. The van der Waals surface area contributed by atoms with E-state index in [1.165, 1.54) is 54.1 Å². The number of aromatic amines is 1. The molecular formula is C38H37N7O4S. The van der Waals surface area contributed by atoms with Gasteiger partial charge in [0, 0.05) is 65.7 Å². The second-order valence-corrected chi connectivity index (χ2v) is 14.3. The molecule has 254 valence electrons. The van der Waals surface area contributed by atoms with Gasteiger partial charge < -0.3 is 25.8 Å². The van der Waals surface area contributed by atoms with E-state index in [2.05, 4.69) is 27.0 Å². The van der Waals surface area contributed by atoms with Gasteiger partial charge >= 0.3 is 5.91 Å². The van der Waals surface area contributed by atoms with E-state index < -0.39 is 15.9 Å². The number of furan rings is 1. The maximum absolute atomic E-state index is 13.9. The molecule has 0 aliphatic carbocycles. The number of fused-ring (bicyclic) bond motifs is 2. The second kappa shape index (κ2) is 13.6. The molecule has 3 heterocycles. The third kappa shape index (κ3) is 6.61. The number of aryl methyl sites for hydroxylation is 1. The minimum absolute atomic E-state index is 0.0844. The standard InChI is InChI=1S/C38H37N7O4S/c39-24-26-4-14-35-34(21-26)27(25-42-35)3-1-2-16-43-17-19-44(20-18-43)32-11-15-36-28(22-32)23-37(49-36)38(46)45(31-9-5-29(40)6-10-31)50(47,48)33-12-7-30(41)8-13-33/h4-15,21-23,25,42H,1-3,16-20,40-41H2. The van der Waals surface area contributed by atoms with Crippen LogP contribution in [0.25, 0.3) is 21.9 Å². The molecule has 2 aromatic heterocycles. The van der Waals surface area contributed by atoms with Crippen LogP contribution in [0.5, 0.6) is 0 Å². The van der Waals surface area contributed by atoms with Gasteiger partial charge in [0.1, 0.15) is 5.58 Å². The first-order chi connectivity index (χ1) is 24.2. The van der Waals surface area contributed by atoms with Crippen LogP contribution in [-0.2, 0) is 16.4 Å². The van der Waals surface area contributed by atoms with E-state index in [4.69, 9.17) is 15.9 Å². The molecule has 0 saturated carbocycles. The summed E-state index contributed by atoms with van der Waals surface area (Å²) in [5, 5.41) is 11.1. The minimum atomic E-state index is -4.33. The first-order valence-corrected chi connectivity index (χ1v) is 18.0. The first-order valence-electron chi connectivity index (χ1n) is 16.5.